The molecule has 0 heterocycles. The topological polar surface area (TPSA) is 26.0 Å². The average Bonchev–Trinajstić information content (AvgIpc) is 2.37. The predicted molar refractivity (Wildman–Crippen MR) is 79.3 cm³/mol. The highest BCUT2D eigenvalue weighted by atomic mass is 14.6. The van der Waals surface area contributed by atoms with E-state index < -0.39 is 0 Å². The first-order valence-corrected chi connectivity index (χ1v) is 6.26. The minimum atomic E-state index is 0.0899. The van der Waals surface area contributed by atoms with Gasteiger partial charge < -0.3 is 5.73 Å². The molecule has 1 nitrogen and oxygen atoms in total. The Morgan fingerprint density at radius 2 is 1.83 bits per heavy atom. The second-order valence-electron chi connectivity index (χ2n) is 4.66. The summed E-state index contributed by atoms with van der Waals surface area (Å²) in [5, 5.41) is 0. The third-order valence-electron chi connectivity index (χ3n) is 2.93. The van der Waals surface area contributed by atoms with Gasteiger partial charge in [-0.2, -0.15) is 0 Å². The molecule has 0 aliphatic rings. The Bertz CT molecular complexity index is 553. The van der Waals surface area contributed by atoms with Crippen molar-refractivity contribution in [1.82, 2.24) is 0 Å². The normalized spacial score (nSPS) is 12.8. The third-order valence-corrected chi connectivity index (χ3v) is 2.93. The van der Waals surface area contributed by atoms with Gasteiger partial charge in [-0.1, -0.05) is 54.6 Å². The van der Waals surface area contributed by atoms with E-state index in [0.717, 1.165) is 0 Å². The van der Waals surface area contributed by atoms with Crippen LogP contribution in [0.5, 0.6) is 0 Å². The van der Waals surface area contributed by atoms with Gasteiger partial charge in [0.15, 0.2) is 0 Å². The van der Waals surface area contributed by atoms with Crippen LogP contribution in [0.3, 0.4) is 0 Å². The Balaban J connectivity index is 2.36. The summed E-state index contributed by atoms with van der Waals surface area (Å²) in [5.74, 6) is 0. The van der Waals surface area contributed by atoms with E-state index in [2.05, 4.69) is 61.5 Å². The molecule has 0 spiro atoms. The molecule has 0 bridgehead atoms. The molecule has 2 rings (SSSR count). The molecule has 0 saturated heterocycles. The molecule has 1 heteroatoms. The highest BCUT2D eigenvalue weighted by Crippen LogP contribution is 2.24. The summed E-state index contributed by atoms with van der Waals surface area (Å²) in [6, 6.07) is 17.1. The zero-order valence-corrected chi connectivity index (χ0v) is 10.9. The Morgan fingerprint density at radius 3 is 2.56 bits per heavy atom. The van der Waals surface area contributed by atoms with Gasteiger partial charge in [0.05, 0.1) is 0 Å². The van der Waals surface area contributed by atoms with Crippen LogP contribution in [0.25, 0.3) is 17.2 Å². The molecular weight excluding hydrogens is 218 g/mol. The smallest absolute Gasteiger partial charge is 0.0198 e. The van der Waals surface area contributed by atoms with Crippen LogP contribution < -0.4 is 5.73 Å². The molecule has 0 aliphatic heterocycles. The first-order valence-electron chi connectivity index (χ1n) is 6.26. The molecule has 0 fully saturated rings. The molecule has 1 atom stereocenters. The van der Waals surface area contributed by atoms with Gasteiger partial charge in [0.25, 0.3) is 0 Å². The van der Waals surface area contributed by atoms with Crippen LogP contribution in [0.2, 0.25) is 0 Å². The lowest BCUT2D eigenvalue weighted by Gasteiger charge is -2.06. The summed E-state index contributed by atoms with van der Waals surface area (Å²) in [6.45, 7) is 4.11. The summed E-state index contributed by atoms with van der Waals surface area (Å²) in [4.78, 5) is 0. The lowest BCUT2D eigenvalue weighted by Crippen LogP contribution is -2.09. The molecule has 18 heavy (non-hydrogen) atoms. The van der Waals surface area contributed by atoms with Crippen molar-refractivity contribution in [3.63, 3.8) is 0 Å². The first-order chi connectivity index (χ1) is 8.66. The van der Waals surface area contributed by atoms with Crippen molar-refractivity contribution < 1.29 is 0 Å². The van der Waals surface area contributed by atoms with Crippen LogP contribution in [0.15, 0.2) is 54.6 Å². The van der Waals surface area contributed by atoms with E-state index in [1.54, 1.807) is 0 Å². The van der Waals surface area contributed by atoms with E-state index in [0.29, 0.717) is 0 Å². The zero-order chi connectivity index (χ0) is 13.0. The van der Waals surface area contributed by atoms with E-state index in [4.69, 9.17) is 5.73 Å². The van der Waals surface area contributed by atoms with Gasteiger partial charge in [-0.25, -0.2) is 0 Å². The first kappa shape index (κ1) is 12.6. The number of aryl methyl sites for hydroxylation is 1. The molecule has 92 valence electrons. The average molecular weight is 237 g/mol. The SMILES string of the molecule is Cc1ccccc1-c1cccc(/C=C/C(C)N)c1. The van der Waals surface area contributed by atoms with E-state index in [9.17, 15) is 0 Å². The van der Waals surface area contributed by atoms with Crippen LogP contribution in [-0.4, -0.2) is 6.04 Å². The van der Waals surface area contributed by atoms with Gasteiger partial charge in [0.2, 0.25) is 0 Å². The second-order valence-corrected chi connectivity index (χ2v) is 4.66. The Hall–Kier alpha value is -1.86. The number of hydrogen-bond donors (Lipinski definition) is 1. The van der Waals surface area contributed by atoms with Crippen molar-refractivity contribution in [2.45, 2.75) is 19.9 Å². The lowest BCUT2D eigenvalue weighted by molar-refractivity contribution is 0.931. The van der Waals surface area contributed by atoms with Gasteiger partial charge in [0.1, 0.15) is 0 Å². The van der Waals surface area contributed by atoms with Crippen LogP contribution in [-0.2, 0) is 0 Å². The van der Waals surface area contributed by atoms with E-state index in [1.165, 1.54) is 22.3 Å². The molecule has 0 amide bonds. The van der Waals surface area contributed by atoms with Crippen LogP contribution in [0.4, 0.5) is 0 Å². The van der Waals surface area contributed by atoms with Gasteiger partial charge in [-0.15, -0.1) is 0 Å². The second kappa shape index (κ2) is 5.65. The lowest BCUT2D eigenvalue weighted by atomic mass is 9.99. The number of rotatable bonds is 3. The Labute approximate surface area is 109 Å². The summed E-state index contributed by atoms with van der Waals surface area (Å²) in [7, 11) is 0. The van der Waals surface area contributed by atoms with Crippen molar-refractivity contribution in [3.8, 4) is 11.1 Å². The highest BCUT2D eigenvalue weighted by molar-refractivity contribution is 5.70. The number of nitrogens with two attached hydrogens (primary N) is 1. The van der Waals surface area contributed by atoms with Crippen molar-refractivity contribution in [2.75, 3.05) is 0 Å². The van der Waals surface area contributed by atoms with E-state index >= 15 is 0 Å². The number of benzene rings is 2. The maximum absolute atomic E-state index is 5.73. The van der Waals surface area contributed by atoms with Crippen LogP contribution in [0.1, 0.15) is 18.1 Å². The molecular formula is C17H19N. The minimum absolute atomic E-state index is 0.0899. The predicted octanol–water partition coefficient (Wildman–Crippen LogP) is 4.02. The molecule has 0 aromatic heterocycles. The van der Waals surface area contributed by atoms with Gasteiger partial charge in [0, 0.05) is 6.04 Å². The van der Waals surface area contributed by atoms with Crippen LogP contribution in [0, 0.1) is 6.92 Å². The quantitative estimate of drug-likeness (QED) is 0.857. The summed E-state index contributed by atoms with van der Waals surface area (Å²) in [5.41, 5.74) is 10.7. The Morgan fingerprint density at radius 1 is 1.06 bits per heavy atom. The Kier molecular flexibility index (Phi) is 3.96. The van der Waals surface area contributed by atoms with Crippen molar-refractivity contribution in [2.24, 2.45) is 5.73 Å². The maximum Gasteiger partial charge on any atom is 0.0198 e. The molecule has 0 aliphatic carbocycles. The summed E-state index contributed by atoms with van der Waals surface area (Å²) < 4.78 is 0. The molecule has 2 aromatic carbocycles. The van der Waals surface area contributed by atoms with Crippen LogP contribution >= 0.6 is 0 Å². The summed E-state index contributed by atoms with van der Waals surface area (Å²) >= 11 is 0. The minimum Gasteiger partial charge on any atom is -0.325 e. The zero-order valence-electron chi connectivity index (χ0n) is 10.9. The van der Waals surface area contributed by atoms with Gasteiger partial charge in [-0.05, 0) is 42.2 Å². The van der Waals surface area contributed by atoms with E-state index in [-0.39, 0.29) is 6.04 Å². The van der Waals surface area contributed by atoms with Crippen molar-refractivity contribution in [3.05, 3.63) is 65.7 Å². The molecule has 2 N–H and O–H groups in total. The largest absolute Gasteiger partial charge is 0.325 e. The molecule has 0 saturated carbocycles. The fraction of sp³-hybridized carbons (Fsp3) is 0.176. The third kappa shape index (κ3) is 3.08. The van der Waals surface area contributed by atoms with Crippen molar-refractivity contribution >= 4 is 6.08 Å². The molecule has 1 unspecified atom stereocenters. The van der Waals surface area contributed by atoms with Crippen molar-refractivity contribution in [1.29, 1.82) is 0 Å². The van der Waals surface area contributed by atoms with Gasteiger partial charge >= 0.3 is 0 Å². The maximum atomic E-state index is 5.73. The highest BCUT2D eigenvalue weighted by Gasteiger charge is 2.00. The number of hydrogen-bond acceptors (Lipinski definition) is 1. The molecule has 2 aromatic rings. The molecule has 0 radical (unpaired) electrons. The summed E-state index contributed by atoms with van der Waals surface area (Å²) in [6.07, 6.45) is 4.09. The fourth-order valence-electron chi connectivity index (χ4n) is 1.97. The fourth-order valence-corrected chi connectivity index (χ4v) is 1.97. The van der Waals surface area contributed by atoms with E-state index in [1.807, 2.05) is 13.0 Å². The van der Waals surface area contributed by atoms with Gasteiger partial charge in [-0.3, -0.25) is 0 Å². The monoisotopic (exact) mass is 237 g/mol. The standard InChI is InChI=1S/C17H19N/c1-13-6-3-4-9-17(13)16-8-5-7-15(12-16)11-10-14(2)18/h3-12,14H,18H2,1-2H3/b11-10+.